The Balaban J connectivity index is 1.66. The van der Waals surface area contributed by atoms with E-state index in [1.54, 1.807) is 42.7 Å². The number of benzene rings is 2. The van der Waals surface area contributed by atoms with Crippen molar-refractivity contribution in [3.8, 4) is 5.00 Å². The maximum Gasteiger partial charge on any atom is 0.308 e. The molecule has 2 aromatic carbocycles. The zero-order valence-corrected chi connectivity index (χ0v) is 22.2. The van der Waals surface area contributed by atoms with Gasteiger partial charge in [-0.1, -0.05) is 12.1 Å². The summed E-state index contributed by atoms with van der Waals surface area (Å²) in [6.07, 6.45) is 0. The molecule has 2 atom stereocenters. The molecule has 12 heteroatoms. The molecule has 4 aromatic rings. The molecule has 0 bridgehead atoms. The van der Waals surface area contributed by atoms with E-state index in [0.29, 0.717) is 51.3 Å². The summed E-state index contributed by atoms with van der Waals surface area (Å²) in [5.74, 6) is -4.13. The van der Waals surface area contributed by atoms with Gasteiger partial charge in [-0.25, -0.2) is 13.2 Å². The summed E-state index contributed by atoms with van der Waals surface area (Å²) in [6, 6.07) is 7.08. The molecule has 2 aromatic heterocycles. The van der Waals surface area contributed by atoms with Crippen molar-refractivity contribution >= 4 is 34.4 Å². The van der Waals surface area contributed by atoms with E-state index in [9.17, 15) is 28.2 Å². The van der Waals surface area contributed by atoms with Crippen molar-refractivity contribution in [3.05, 3.63) is 87.1 Å². The molecule has 1 unspecified atom stereocenters. The maximum absolute atomic E-state index is 14.4. The van der Waals surface area contributed by atoms with Crippen LogP contribution in [0.5, 0.6) is 0 Å². The van der Waals surface area contributed by atoms with E-state index < -0.39 is 41.1 Å². The third kappa shape index (κ3) is 4.39. The first-order chi connectivity index (χ1) is 18.5. The Labute approximate surface area is 225 Å². The summed E-state index contributed by atoms with van der Waals surface area (Å²) in [6.45, 7) is 4.98. The summed E-state index contributed by atoms with van der Waals surface area (Å²) in [7, 11) is 1.46. The molecule has 5 rings (SSSR count). The Bertz CT molecular complexity index is 1610. The van der Waals surface area contributed by atoms with E-state index in [0.717, 1.165) is 10.4 Å². The number of aryl methyl sites for hydroxylation is 1. The largest absolute Gasteiger partial charge is 0.481 e. The zero-order valence-electron chi connectivity index (χ0n) is 21.4. The average Bonchev–Trinajstić information content (AvgIpc) is 3.38. The second-order valence-electron chi connectivity index (χ2n) is 9.30. The van der Waals surface area contributed by atoms with Crippen LogP contribution in [0.3, 0.4) is 0 Å². The van der Waals surface area contributed by atoms with Gasteiger partial charge in [-0.2, -0.15) is 0 Å². The maximum atomic E-state index is 14.4. The molecule has 0 saturated carbocycles. The lowest BCUT2D eigenvalue weighted by molar-refractivity contribution is -0.141. The van der Waals surface area contributed by atoms with E-state index in [1.807, 2.05) is 6.92 Å². The SMILES string of the molecule is Cc1c(CO)sc2c1C(c1ccc(N(C)c3c(F)cc(F)cc3F)cc1)=NC([C@H](C)C(=O)O)c1nnc(C)n1-2. The summed E-state index contributed by atoms with van der Waals surface area (Å²) >= 11 is 1.35. The highest BCUT2D eigenvalue weighted by Crippen LogP contribution is 2.41. The number of aliphatic hydroxyl groups is 1. The van der Waals surface area contributed by atoms with Gasteiger partial charge < -0.3 is 15.1 Å². The quantitative estimate of drug-likeness (QED) is 0.338. The van der Waals surface area contributed by atoms with Gasteiger partial charge in [-0.15, -0.1) is 21.5 Å². The second kappa shape index (κ2) is 9.93. The predicted octanol–water partition coefficient (Wildman–Crippen LogP) is 5.24. The van der Waals surface area contributed by atoms with Crippen LogP contribution in [0.1, 0.15) is 46.2 Å². The van der Waals surface area contributed by atoms with Crippen LogP contribution in [0.4, 0.5) is 24.5 Å². The molecular weight excluding hydrogens is 531 g/mol. The lowest BCUT2D eigenvalue weighted by Crippen LogP contribution is -2.21. The minimum absolute atomic E-state index is 0.194. The summed E-state index contributed by atoms with van der Waals surface area (Å²) in [5.41, 5.74) is 2.65. The van der Waals surface area contributed by atoms with Crippen LogP contribution in [0.15, 0.2) is 41.4 Å². The van der Waals surface area contributed by atoms with Gasteiger partial charge in [-0.3, -0.25) is 14.4 Å². The first kappa shape index (κ1) is 26.6. The Morgan fingerprint density at radius 3 is 2.36 bits per heavy atom. The van der Waals surface area contributed by atoms with Crippen LogP contribution >= 0.6 is 11.3 Å². The zero-order chi connectivity index (χ0) is 28.2. The van der Waals surface area contributed by atoms with E-state index in [2.05, 4.69) is 10.2 Å². The molecule has 0 radical (unpaired) electrons. The van der Waals surface area contributed by atoms with Crippen LogP contribution in [0.25, 0.3) is 5.00 Å². The second-order valence-corrected chi connectivity index (χ2v) is 10.4. The standard InChI is InChI=1S/C27H24F3N5O3S/c1-12-20(11-36)39-26-21(12)23(31-22(13(2)27(37)38)25-33-32-14(3)35(25)26)15-5-7-17(8-6-15)34(4)24-18(29)9-16(28)10-19(24)30/h5-10,13,22,36H,11H2,1-4H3,(H,37,38)/t13-,22?/m0/s1. The highest BCUT2D eigenvalue weighted by Gasteiger charge is 2.36. The Hall–Kier alpha value is -4.03. The van der Waals surface area contributed by atoms with Gasteiger partial charge in [0.1, 0.15) is 28.4 Å². The number of aliphatic carboxylic acids is 1. The van der Waals surface area contributed by atoms with Gasteiger partial charge in [-0.05, 0) is 38.5 Å². The van der Waals surface area contributed by atoms with Crippen molar-refractivity contribution in [2.24, 2.45) is 10.9 Å². The van der Waals surface area contributed by atoms with Crippen molar-refractivity contribution in [3.63, 3.8) is 0 Å². The van der Waals surface area contributed by atoms with Gasteiger partial charge in [0.15, 0.2) is 17.5 Å². The number of carboxylic acid groups (broad SMARTS) is 1. The Kier molecular flexibility index (Phi) is 6.77. The number of thiophene rings is 1. The van der Waals surface area contributed by atoms with Crippen molar-refractivity contribution in [2.75, 3.05) is 11.9 Å². The smallest absolute Gasteiger partial charge is 0.308 e. The molecule has 39 heavy (non-hydrogen) atoms. The van der Waals surface area contributed by atoms with Gasteiger partial charge in [0.25, 0.3) is 0 Å². The highest BCUT2D eigenvalue weighted by molar-refractivity contribution is 7.15. The third-order valence-corrected chi connectivity index (χ3v) is 8.16. The monoisotopic (exact) mass is 555 g/mol. The molecule has 0 amide bonds. The molecule has 1 aliphatic heterocycles. The molecule has 0 aliphatic carbocycles. The number of anilines is 2. The van der Waals surface area contributed by atoms with Gasteiger partial charge in [0, 0.05) is 40.9 Å². The fraction of sp³-hybridized carbons (Fsp3) is 0.259. The van der Waals surface area contributed by atoms with Crippen LogP contribution < -0.4 is 4.90 Å². The number of carbonyl (C=O) groups is 1. The van der Waals surface area contributed by atoms with Crippen molar-refractivity contribution in [1.29, 1.82) is 0 Å². The third-order valence-electron chi connectivity index (χ3n) is 6.90. The lowest BCUT2D eigenvalue weighted by Gasteiger charge is -2.21. The summed E-state index contributed by atoms with van der Waals surface area (Å²) < 4.78 is 44.0. The molecule has 2 N–H and O–H groups in total. The minimum atomic E-state index is -1.05. The van der Waals surface area contributed by atoms with Crippen molar-refractivity contribution in [1.82, 2.24) is 14.8 Å². The normalized spacial score (nSPS) is 15.3. The number of aliphatic imine (C=N–C) groups is 1. The Morgan fingerprint density at radius 2 is 1.77 bits per heavy atom. The van der Waals surface area contributed by atoms with Gasteiger partial charge in [0.2, 0.25) is 0 Å². The number of hydrogen-bond donors (Lipinski definition) is 2. The Morgan fingerprint density at radius 1 is 1.13 bits per heavy atom. The van der Waals surface area contributed by atoms with E-state index >= 15 is 0 Å². The highest BCUT2D eigenvalue weighted by atomic mass is 32.1. The fourth-order valence-electron chi connectivity index (χ4n) is 4.73. The van der Waals surface area contributed by atoms with Crippen LogP contribution in [0, 0.1) is 37.2 Å². The molecule has 3 heterocycles. The number of halogens is 3. The first-order valence-electron chi connectivity index (χ1n) is 12.0. The number of aliphatic hydroxyl groups excluding tert-OH is 1. The molecule has 8 nitrogen and oxygen atoms in total. The first-order valence-corrected chi connectivity index (χ1v) is 12.8. The van der Waals surface area contributed by atoms with E-state index in [-0.39, 0.29) is 6.61 Å². The fourth-order valence-corrected chi connectivity index (χ4v) is 5.95. The van der Waals surface area contributed by atoms with Crippen LogP contribution in [0.2, 0.25) is 0 Å². The van der Waals surface area contributed by atoms with Crippen LogP contribution in [-0.4, -0.2) is 43.7 Å². The summed E-state index contributed by atoms with van der Waals surface area (Å²) in [5, 5.41) is 29.0. The number of aromatic nitrogens is 3. The topological polar surface area (TPSA) is 104 Å². The molecule has 0 saturated heterocycles. The molecule has 1 aliphatic rings. The number of carboxylic acids is 1. The molecule has 202 valence electrons. The summed E-state index contributed by atoms with van der Waals surface area (Å²) in [4.78, 5) is 18.9. The lowest BCUT2D eigenvalue weighted by atomic mass is 9.98. The molecule has 0 spiro atoms. The van der Waals surface area contributed by atoms with Crippen molar-refractivity contribution < 1.29 is 28.2 Å². The van der Waals surface area contributed by atoms with Gasteiger partial charge in [0.05, 0.1) is 18.2 Å². The molecular formula is C27H24F3N5O3S. The number of rotatable bonds is 6. The van der Waals surface area contributed by atoms with Crippen molar-refractivity contribution in [2.45, 2.75) is 33.4 Å². The number of nitrogens with zero attached hydrogens (tertiary/aromatic N) is 5. The minimum Gasteiger partial charge on any atom is -0.481 e. The predicted molar refractivity (Wildman–Crippen MR) is 141 cm³/mol. The van der Waals surface area contributed by atoms with Crippen LogP contribution in [-0.2, 0) is 11.4 Å². The van der Waals surface area contributed by atoms with Gasteiger partial charge >= 0.3 is 5.97 Å². The average molecular weight is 556 g/mol. The van der Waals surface area contributed by atoms with E-state index in [1.165, 1.54) is 23.3 Å². The van der Waals surface area contributed by atoms with E-state index in [4.69, 9.17) is 4.99 Å². The number of hydrogen-bond acceptors (Lipinski definition) is 7. The number of fused-ring (bicyclic) bond motifs is 3. The molecule has 0 fully saturated rings.